The van der Waals surface area contributed by atoms with Crippen molar-refractivity contribution < 1.29 is 19.0 Å². The van der Waals surface area contributed by atoms with Crippen molar-refractivity contribution in [3.05, 3.63) is 88.4 Å². The van der Waals surface area contributed by atoms with Crippen LogP contribution >= 0.6 is 11.6 Å². The maximum atomic E-state index is 13.0. The van der Waals surface area contributed by atoms with E-state index in [2.05, 4.69) is 5.10 Å². The topological polar surface area (TPSA) is 98.7 Å². The minimum Gasteiger partial charge on any atom is -0.497 e. The number of methoxy groups -OCH3 is 2. The fourth-order valence-electron chi connectivity index (χ4n) is 4.48. The van der Waals surface area contributed by atoms with Gasteiger partial charge in [0.15, 0.2) is 0 Å². The molecule has 0 spiro atoms. The summed E-state index contributed by atoms with van der Waals surface area (Å²) in [4.78, 5) is 20.2. The van der Waals surface area contributed by atoms with Crippen LogP contribution in [0.5, 0.6) is 11.5 Å². The molecule has 0 aliphatic carbocycles. The third kappa shape index (κ3) is 5.92. The summed E-state index contributed by atoms with van der Waals surface area (Å²) in [5.74, 6) is 7.39. The van der Waals surface area contributed by atoms with Gasteiger partial charge in [0.2, 0.25) is 0 Å². The molecule has 4 rings (SSSR count). The Bertz CT molecular complexity index is 1340. The van der Waals surface area contributed by atoms with Crippen molar-refractivity contribution in [2.75, 3.05) is 19.1 Å². The maximum absolute atomic E-state index is 13.0. The van der Waals surface area contributed by atoms with Crippen molar-refractivity contribution in [1.82, 2.24) is 0 Å². The number of nitrogens with two attached hydrogens (primary N) is 1. The van der Waals surface area contributed by atoms with Crippen LogP contribution in [-0.2, 0) is 16.1 Å². The highest BCUT2D eigenvalue weighted by molar-refractivity contribution is 6.30. The molecule has 0 radical (unpaired) electrons. The fourth-order valence-corrected chi connectivity index (χ4v) is 4.60. The zero-order chi connectivity index (χ0) is 27.2. The molecule has 0 bridgehead atoms. The summed E-state index contributed by atoms with van der Waals surface area (Å²) in [5.41, 5.74) is 4.12. The van der Waals surface area contributed by atoms with Gasteiger partial charge in [0, 0.05) is 16.1 Å². The Balaban J connectivity index is 1.71. The number of halogens is 1. The average molecular weight is 535 g/mol. The van der Waals surface area contributed by atoms with Gasteiger partial charge in [-0.25, -0.2) is 0 Å². The fraction of sp³-hybridized carbons (Fsp3) is 0.276. The highest BCUT2D eigenvalue weighted by Crippen LogP contribution is 2.35. The molecule has 3 aromatic rings. The third-order valence-electron chi connectivity index (χ3n) is 6.57. The summed E-state index contributed by atoms with van der Waals surface area (Å²) < 4.78 is 16.3. The Morgan fingerprint density at radius 1 is 1.03 bits per heavy atom. The zero-order valence-corrected chi connectivity index (χ0v) is 22.6. The van der Waals surface area contributed by atoms with Gasteiger partial charge in [-0.2, -0.15) is 5.10 Å². The number of carbonyl (C=O) groups excluding carboxylic acids is 1. The summed E-state index contributed by atoms with van der Waals surface area (Å²) in [7, 11) is 3.22. The Morgan fingerprint density at radius 3 is 2.32 bits per heavy atom. The molecule has 0 amide bonds. The predicted molar refractivity (Wildman–Crippen MR) is 151 cm³/mol. The van der Waals surface area contributed by atoms with Crippen LogP contribution in [0.25, 0.3) is 0 Å². The lowest BCUT2D eigenvalue weighted by Crippen LogP contribution is -2.44. The quantitative estimate of drug-likeness (QED) is 0.147. The van der Waals surface area contributed by atoms with Crippen LogP contribution in [0.3, 0.4) is 0 Å². The van der Waals surface area contributed by atoms with Gasteiger partial charge in [0.1, 0.15) is 23.9 Å². The first-order chi connectivity index (χ1) is 18.3. The van der Waals surface area contributed by atoms with E-state index in [0.717, 1.165) is 28.1 Å². The average Bonchev–Trinajstić information content (AvgIpc) is 3.06. The van der Waals surface area contributed by atoms with E-state index < -0.39 is 6.04 Å². The first-order valence-electron chi connectivity index (χ1n) is 12.2. The molecule has 2 atom stereocenters. The van der Waals surface area contributed by atoms with Gasteiger partial charge in [-0.05, 0) is 61.9 Å². The molecular formula is C29H31ClN4O4. The second-order valence-corrected chi connectivity index (χ2v) is 9.37. The van der Waals surface area contributed by atoms with Crippen LogP contribution in [0.2, 0.25) is 5.02 Å². The van der Waals surface area contributed by atoms with Crippen LogP contribution in [0.15, 0.2) is 76.8 Å². The van der Waals surface area contributed by atoms with Gasteiger partial charge in [0.25, 0.3) is 0 Å². The second-order valence-electron chi connectivity index (χ2n) is 8.93. The monoisotopic (exact) mass is 534 g/mol. The van der Waals surface area contributed by atoms with Crippen molar-refractivity contribution in [3.8, 4) is 11.5 Å². The summed E-state index contributed by atoms with van der Waals surface area (Å²) in [6.45, 7) is 3.98. The number of benzodiazepines with no additional fused rings is 1. The predicted octanol–water partition coefficient (Wildman–Crippen LogP) is 5.20. The zero-order valence-electron chi connectivity index (χ0n) is 21.8. The molecule has 1 unspecified atom stereocenters. The molecule has 198 valence electrons. The van der Waals surface area contributed by atoms with Crippen molar-refractivity contribution >= 4 is 34.8 Å². The lowest BCUT2D eigenvalue weighted by Gasteiger charge is -2.33. The molecule has 3 aromatic carbocycles. The molecule has 8 nitrogen and oxygen atoms in total. The van der Waals surface area contributed by atoms with Gasteiger partial charge < -0.3 is 25.0 Å². The molecule has 1 heterocycles. The minimum absolute atomic E-state index is 0.0634. The first kappa shape index (κ1) is 27.0. The number of hydrazone groups is 1. The van der Waals surface area contributed by atoms with Gasteiger partial charge in [-0.3, -0.25) is 9.79 Å². The van der Waals surface area contributed by atoms with E-state index in [1.807, 2.05) is 85.5 Å². The van der Waals surface area contributed by atoms with Crippen molar-refractivity contribution in [2.45, 2.75) is 39.0 Å². The van der Waals surface area contributed by atoms with Crippen LogP contribution in [0.4, 0.5) is 5.69 Å². The Morgan fingerprint density at radius 2 is 1.68 bits per heavy atom. The Labute approximate surface area is 227 Å². The molecule has 2 N–H and O–H groups in total. The van der Waals surface area contributed by atoms with Crippen molar-refractivity contribution in [1.29, 1.82) is 0 Å². The van der Waals surface area contributed by atoms with E-state index in [9.17, 15) is 4.79 Å². The molecule has 9 heteroatoms. The third-order valence-corrected chi connectivity index (χ3v) is 6.82. The minimum atomic E-state index is -0.459. The lowest BCUT2D eigenvalue weighted by atomic mass is 9.99. The molecule has 1 aliphatic heterocycles. The highest BCUT2D eigenvalue weighted by atomic mass is 35.5. The number of esters is 1. The number of ether oxygens (including phenoxy) is 3. The number of carbonyl (C=O) groups is 1. The van der Waals surface area contributed by atoms with Gasteiger partial charge in [0.05, 0.1) is 44.1 Å². The number of anilines is 1. The molecular weight excluding hydrogens is 504 g/mol. The van der Waals surface area contributed by atoms with Crippen molar-refractivity contribution in [2.24, 2.45) is 15.9 Å². The molecule has 0 saturated carbocycles. The summed E-state index contributed by atoms with van der Waals surface area (Å²) in [6, 6.07) is 19.9. The van der Waals surface area contributed by atoms with E-state index in [-0.39, 0.29) is 25.0 Å². The number of amidine groups is 1. The second kappa shape index (κ2) is 12.0. The Kier molecular flexibility index (Phi) is 8.53. The van der Waals surface area contributed by atoms with E-state index >= 15 is 0 Å². The van der Waals surface area contributed by atoms with Gasteiger partial charge in [-0.15, -0.1) is 0 Å². The lowest BCUT2D eigenvalue weighted by molar-refractivity contribution is -0.145. The molecule has 0 saturated heterocycles. The van der Waals surface area contributed by atoms with E-state index in [1.54, 1.807) is 14.2 Å². The van der Waals surface area contributed by atoms with Crippen LogP contribution < -0.4 is 20.2 Å². The summed E-state index contributed by atoms with van der Waals surface area (Å²) in [5, 5.41) is 4.59. The van der Waals surface area contributed by atoms with Crippen LogP contribution in [0, 0.1) is 0 Å². The number of aliphatic imine (C=N–C) groups is 1. The van der Waals surface area contributed by atoms with Crippen LogP contribution in [-0.4, -0.2) is 43.8 Å². The molecule has 0 aromatic heterocycles. The SMILES string of the molecule is COc1ccc(COC(=O)C[C@@H]2N=C(c3ccc(Cl)cc3)c3cc(OC)ccc3N(/C(C)=N\N)C2C)cc1. The van der Waals surface area contributed by atoms with E-state index in [0.29, 0.717) is 22.3 Å². The summed E-state index contributed by atoms with van der Waals surface area (Å²) in [6.07, 6.45) is 0.0634. The van der Waals surface area contributed by atoms with E-state index in [4.69, 9.17) is 36.6 Å². The first-order valence-corrected chi connectivity index (χ1v) is 12.6. The van der Waals surface area contributed by atoms with E-state index in [1.165, 1.54) is 0 Å². The number of hydrogen-bond donors (Lipinski definition) is 1. The molecule has 1 aliphatic rings. The number of fused-ring (bicyclic) bond motifs is 1. The van der Waals surface area contributed by atoms with Crippen molar-refractivity contribution in [3.63, 3.8) is 0 Å². The molecule has 38 heavy (non-hydrogen) atoms. The van der Waals surface area contributed by atoms with Crippen LogP contribution in [0.1, 0.15) is 37.0 Å². The number of benzene rings is 3. The number of rotatable bonds is 7. The standard InChI is InChI=1S/C29H31ClN4O4/c1-18-26(16-28(35)38-17-20-5-11-23(36-3)12-6-20)32-29(21-7-9-22(30)10-8-21)25-15-24(37-4)13-14-27(25)34(18)19(2)33-31/h5-15,18,26H,16-17,31H2,1-4H3/b33-19-/t18?,26-/m0/s1. The normalized spacial score (nSPS) is 17.2. The number of hydrogen-bond acceptors (Lipinski definition) is 7. The van der Waals surface area contributed by atoms with Gasteiger partial charge >= 0.3 is 5.97 Å². The smallest absolute Gasteiger partial charge is 0.308 e. The summed E-state index contributed by atoms with van der Waals surface area (Å²) >= 11 is 6.17. The maximum Gasteiger partial charge on any atom is 0.308 e. The Hall–Kier alpha value is -4.04. The number of nitrogens with zero attached hydrogens (tertiary/aromatic N) is 3. The largest absolute Gasteiger partial charge is 0.497 e. The highest BCUT2D eigenvalue weighted by Gasteiger charge is 2.34. The molecule has 0 fully saturated rings. The van der Waals surface area contributed by atoms with Gasteiger partial charge in [-0.1, -0.05) is 35.9 Å².